The highest BCUT2D eigenvalue weighted by atomic mass is 16.5. The van der Waals surface area contributed by atoms with Crippen molar-refractivity contribution in [2.24, 2.45) is 0 Å². The lowest BCUT2D eigenvalue weighted by atomic mass is 10.0. The molecule has 3 unspecified atom stereocenters. The van der Waals surface area contributed by atoms with Crippen LogP contribution in [0.15, 0.2) is 12.2 Å². The molecule has 0 aromatic carbocycles. The third-order valence-corrected chi connectivity index (χ3v) is 13.3. The number of nitrogens with one attached hydrogen (secondary N) is 1. The van der Waals surface area contributed by atoms with Gasteiger partial charge in [0.15, 0.2) is 0 Å². The number of amides is 1. The zero-order chi connectivity index (χ0) is 45.9. The van der Waals surface area contributed by atoms with Crippen LogP contribution in [0.3, 0.4) is 0 Å². The number of carbonyl (C=O) groups is 2. The molecule has 6 nitrogen and oxygen atoms in total. The molecule has 0 aromatic heterocycles. The van der Waals surface area contributed by atoms with Gasteiger partial charge in [-0.05, 0) is 51.4 Å². The number of rotatable bonds is 52. The maximum Gasteiger partial charge on any atom is 0.306 e. The van der Waals surface area contributed by atoms with Crippen LogP contribution >= 0.6 is 0 Å². The number of allylic oxidation sites excluding steroid dienone is 2. The summed E-state index contributed by atoms with van der Waals surface area (Å²) in [5.74, 6) is -0.468. The van der Waals surface area contributed by atoms with E-state index in [4.69, 9.17) is 4.74 Å². The van der Waals surface area contributed by atoms with Crippen LogP contribution in [0.4, 0.5) is 0 Å². The van der Waals surface area contributed by atoms with Crippen LogP contribution in [0, 0.1) is 0 Å². The molecule has 0 rings (SSSR count). The Hall–Kier alpha value is -1.40. The Morgan fingerprint density at radius 1 is 0.444 bits per heavy atom. The predicted molar refractivity (Wildman–Crippen MR) is 273 cm³/mol. The minimum Gasteiger partial charge on any atom is -0.462 e. The molecule has 0 aliphatic rings. The van der Waals surface area contributed by atoms with Gasteiger partial charge in [-0.2, -0.15) is 0 Å². The number of ether oxygens (including phenoxy) is 1. The van der Waals surface area contributed by atoms with E-state index in [9.17, 15) is 19.8 Å². The topological polar surface area (TPSA) is 95.9 Å². The second kappa shape index (κ2) is 51.6. The summed E-state index contributed by atoms with van der Waals surface area (Å²) in [6.07, 6.45) is 58.5. The molecule has 0 fully saturated rings. The molecular formula is C57H111NO5. The van der Waals surface area contributed by atoms with Crippen molar-refractivity contribution in [3.05, 3.63) is 12.2 Å². The molecule has 0 saturated carbocycles. The smallest absolute Gasteiger partial charge is 0.306 e. The van der Waals surface area contributed by atoms with Gasteiger partial charge in [0.05, 0.1) is 25.2 Å². The first-order valence-corrected chi connectivity index (χ1v) is 28.4. The van der Waals surface area contributed by atoms with Crippen molar-refractivity contribution < 1.29 is 24.5 Å². The van der Waals surface area contributed by atoms with Crippen molar-refractivity contribution in [3.63, 3.8) is 0 Å². The molecule has 6 heteroatoms. The van der Waals surface area contributed by atoms with E-state index in [0.29, 0.717) is 19.3 Å². The second-order valence-corrected chi connectivity index (χ2v) is 19.7. The van der Waals surface area contributed by atoms with Gasteiger partial charge in [0, 0.05) is 6.42 Å². The first-order valence-electron chi connectivity index (χ1n) is 28.4. The molecule has 63 heavy (non-hydrogen) atoms. The molecule has 374 valence electrons. The average molecular weight is 891 g/mol. The lowest BCUT2D eigenvalue weighted by molar-refractivity contribution is -0.151. The van der Waals surface area contributed by atoms with Crippen molar-refractivity contribution >= 4 is 11.9 Å². The van der Waals surface area contributed by atoms with Crippen molar-refractivity contribution in [2.45, 2.75) is 334 Å². The highest BCUT2D eigenvalue weighted by Crippen LogP contribution is 2.19. The normalized spacial score (nSPS) is 13.2. The molecule has 0 saturated heterocycles. The standard InChI is InChI=1S/C57H111NO5/c1-4-7-10-13-16-19-22-25-27-29-31-33-36-39-42-45-48-53(63-57(62)50-47-44-41-38-35-24-21-18-15-12-9-6-3)51-56(61)58-54(52-59)55(60)49-46-43-40-37-34-32-30-28-26-23-20-17-14-11-8-5-2/h31,33,53-55,59-60H,4-30,32,34-52H2,1-3H3,(H,58,61)/b33-31+. The van der Waals surface area contributed by atoms with Crippen LogP contribution in [0.2, 0.25) is 0 Å². The van der Waals surface area contributed by atoms with E-state index in [2.05, 4.69) is 38.2 Å². The van der Waals surface area contributed by atoms with Gasteiger partial charge in [-0.1, -0.05) is 264 Å². The summed E-state index contributed by atoms with van der Waals surface area (Å²) in [5.41, 5.74) is 0. The molecule has 0 spiro atoms. The SMILES string of the molecule is CCCCCCCCCCC/C=C/CCCCCC(CC(=O)NC(CO)C(O)CCCCCCCCCCCCCCCCCC)OC(=O)CCCCCCCCCCCCCC. The number of hydrogen-bond acceptors (Lipinski definition) is 5. The van der Waals surface area contributed by atoms with Gasteiger partial charge in [-0.15, -0.1) is 0 Å². The molecule has 0 heterocycles. The molecule has 0 aliphatic carbocycles. The zero-order valence-electron chi connectivity index (χ0n) is 42.7. The maximum atomic E-state index is 13.2. The van der Waals surface area contributed by atoms with Gasteiger partial charge >= 0.3 is 5.97 Å². The molecular weight excluding hydrogens is 779 g/mol. The zero-order valence-corrected chi connectivity index (χ0v) is 42.7. The lowest BCUT2D eigenvalue weighted by Crippen LogP contribution is -2.46. The van der Waals surface area contributed by atoms with E-state index in [1.807, 2.05) is 0 Å². The highest BCUT2D eigenvalue weighted by molar-refractivity contribution is 5.77. The monoisotopic (exact) mass is 890 g/mol. The third-order valence-electron chi connectivity index (χ3n) is 13.3. The van der Waals surface area contributed by atoms with Crippen LogP contribution in [0.25, 0.3) is 0 Å². The fraction of sp³-hybridized carbons (Fsp3) is 0.930. The van der Waals surface area contributed by atoms with Crippen molar-refractivity contribution in [3.8, 4) is 0 Å². The molecule has 0 radical (unpaired) electrons. The Bertz CT molecular complexity index is 955. The first-order chi connectivity index (χ1) is 31.0. The van der Waals surface area contributed by atoms with Gasteiger partial charge in [0.25, 0.3) is 0 Å². The van der Waals surface area contributed by atoms with Crippen LogP contribution in [-0.4, -0.2) is 46.9 Å². The summed E-state index contributed by atoms with van der Waals surface area (Å²) < 4.78 is 5.95. The van der Waals surface area contributed by atoms with Crippen LogP contribution in [0.1, 0.15) is 316 Å². The molecule has 3 N–H and O–H groups in total. The van der Waals surface area contributed by atoms with Gasteiger partial charge in [0.2, 0.25) is 5.91 Å². The van der Waals surface area contributed by atoms with Crippen LogP contribution in [0.5, 0.6) is 0 Å². The van der Waals surface area contributed by atoms with E-state index < -0.39 is 18.2 Å². The number of esters is 1. The fourth-order valence-electron chi connectivity index (χ4n) is 9.02. The summed E-state index contributed by atoms with van der Waals surface area (Å²) in [5, 5.41) is 23.9. The number of carbonyl (C=O) groups excluding carboxylic acids is 2. The summed E-state index contributed by atoms with van der Waals surface area (Å²) in [6, 6.07) is -0.700. The van der Waals surface area contributed by atoms with Gasteiger partial charge < -0.3 is 20.3 Å². The second-order valence-electron chi connectivity index (χ2n) is 19.7. The predicted octanol–water partition coefficient (Wildman–Crippen LogP) is 17.3. The van der Waals surface area contributed by atoms with Crippen LogP contribution in [-0.2, 0) is 14.3 Å². The highest BCUT2D eigenvalue weighted by Gasteiger charge is 2.24. The lowest BCUT2D eigenvalue weighted by Gasteiger charge is -2.24. The first kappa shape index (κ1) is 61.6. The van der Waals surface area contributed by atoms with Crippen molar-refractivity contribution in [1.82, 2.24) is 5.32 Å². The average Bonchev–Trinajstić information content (AvgIpc) is 3.28. The van der Waals surface area contributed by atoms with Gasteiger partial charge in [-0.25, -0.2) is 0 Å². The number of aliphatic hydroxyl groups excluding tert-OH is 2. The van der Waals surface area contributed by atoms with Gasteiger partial charge in [-0.3, -0.25) is 9.59 Å². The molecule has 0 aliphatic heterocycles. The molecule has 3 atom stereocenters. The van der Waals surface area contributed by atoms with Crippen LogP contribution < -0.4 is 5.32 Å². The van der Waals surface area contributed by atoms with E-state index in [-0.39, 0.29) is 24.9 Å². The van der Waals surface area contributed by atoms with Gasteiger partial charge in [0.1, 0.15) is 6.10 Å². The Morgan fingerprint density at radius 2 is 0.762 bits per heavy atom. The number of aliphatic hydroxyl groups is 2. The van der Waals surface area contributed by atoms with Crippen molar-refractivity contribution in [1.29, 1.82) is 0 Å². The molecule has 0 bridgehead atoms. The fourth-order valence-corrected chi connectivity index (χ4v) is 9.02. The Balaban J connectivity index is 4.51. The van der Waals surface area contributed by atoms with E-state index in [1.54, 1.807) is 0 Å². The quantitative estimate of drug-likeness (QED) is 0.0321. The summed E-state index contributed by atoms with van der Waals surface area (Å²) >= 11 is 0. The minimum atomic E-state index is -0.786. The summed E-state index contributed by atoms with van der Waals surface area (Å²) in [7, 11) is 0. The Kier molecular flexibility index (Phi) is 50.4. The third kappa shape index (κ3) is 46.9. The Morgan fingerprint density at radius 3 is 1.14 bits per heavy atom. The minimum absolute atomic E-state index is 0.0745. The van der Waals surface area contributed by atoms with E-state index in [0.717, 1.165) is 57.8 Å². The molecule has 1 amide bonds. The number of hydrogen-bond donors (Lipinski definition) is 3. The Labute approximate surface area is 393 Å². The van der Waals surface area contributed by atoms with Crippen molar-refractivity contribution in [2.75, 3.05) is 6.61 Å². The molecule has 0 aromatic rings. The number of unbranched alkanes of at least 4 members (excludes halogenated alkanes) is 38. The van der Waals surface area contributed by atoms with E-state index >= 15 is 0 Å². The summed E-state index contributed by atoms with van der Waals surface area (Å²) in [4.78, 5) is 26.2. The largest absolute Gasteiger partial charge is 0.462 e. The van der Waals surface area contributed by atoms with E-state index in [1.165, 1.54) is 212 Å². The maximum absolute atomic E-state index is 13.2. The summed E-state index contributed by atoms with van der Waals surface area (Å²) in [6.45, 7) is 6.52.